The molecule has 0 aliphatic carbocycles. The highest BCUT2D eigenvalue weighted by Crippen LogP contribution is 2.30. The summed E-state index contributed by atoms with van der Waals surface area (Å²) in [7, 11) is 3.13. The minimum atomic E-state index is -0.196. The van der Waals surface area contributed by atoms with E-state index >= 15 is 0 Å². The van der Waals surface area contributed by atoms with Crippen molar-refractivity contribution >= 4 is 11.8 Å². The third kappa shape index (κ3) is 4.42. The van der Waals surface area contributed by atoms with Gasteiger partial charge >= 0.3 is 0 Å². The maximum absolute atomic E-state index is 12.9. The van der Waals surface area contributed by atoms with Crippen LogP contribution in [0.3, 0.4) is 0 Å². The van der Waals surface area contributed by atoms with E-state index < -0.39 is 0 Å². The molecule has 1 fully saturated rings. The molecule has 0 aromatic heterocycles. The molecule has 138 valence electrons. The molecule has 1 saturated heterocycles. The van der Waals surface area contributed by atoms with Gasteiger partial charge in [0.2, 0.25) is 5.91 Å². The van der Waals surface area contributed by atoms with Crippen molar-refractivity contribution in [1.82, 2.24) is 10.2 Å². The van der Waals surface area contributed by atoms with Gasteiger partial charge in [0.05, 0.1) is 20.1 Å². The summed E-state index contributed by atoms with van der Waals surface area (Å²) in [5.41, 5.74) is 6.77. The van der Waals surface area contributed by atoms with Crippen LogP contribution in [0.4, 0.5) is 0 Å². The average molecular weight is 349 g/mol. The van der Waals surface area contributed by atoms with Gasteiger partial charge < -0.3 is 25.4 Å². The summed E-state index contributed by atoms with van der Waals surface area (Å²) in [6, 6.07) is 3.44. The van der Waals surface area contributed by atoms with E-state index in [2.05, 4.69) is 5.32 Å². The van der Waals surface area contributed by atoms with Crippen molar-refractivity contribution < 1.29 is 19.1 Å². The number of amides is 2. The fourth-order valence-electron chi connectivity index (χ4n) is 3.11. The van der Waals surface area contributed by atoms with Gasteiger partial charge in [-0.2, -0.15) is 0 Å². The van der Waals surface area contributed by atoms with Crippen molar-refractivity contribution in [1.29, 1.82) is 0 Å². The van der Waals surface area contributed by atoms with Crippen LogP contribution in [0.5, 0.6) is 11.5 Å². The predicted molar refractivity (Wildman–Crippen MR) is 95.0 cm³/mol. The fraction of sp³-hybridized carbons (Fsp3) is 0.556. The second kappa shape index (κ2) is 8.71. The van der Waals surface area contributed by atoms with E-state index in [1.165, 1.54) is 0 Å². The molecule has 3 N–H and O–H groups in total. The first-order valence-electron chi connectivity index (χ1n) is 8.51. The van der Waals surface area contributed by atoms with Gasteiger partial charge in [0.25, 0.3) is 5.91 Å². The topological polar surface area (TPSA) is 93.9 Å². The molecule has 0 saturated carbocycles. The second-order valence-corrected chi connectivity index (χ2v) is 6.18. The lowest BCUT2D eigenvalue weighted by Crippen LogP contribution is -2.46. The molecule has 0 radical (unpaired) electrons. The Morgan fingerprint density at radius 1 is 1.28 bits per heavy atom. The lowest BCUT2D eigenvalue weighted by atomic mass is 9.96. The lowest BCUT2D eigenvalue weighted by Gasteiger charge is -2.32. The SMILES string of the molecule is COc1cc(C(=O)N2CCCC(C(=O)NCCN)C2)cc(OC)c1C. The molecule has 25 heavy (non-hydrogen) atoms. The molecular formula is C18H27N3O4. The number of methoxy groups -OCH3 is 2. The maximum Gasteiger partial charge on any atom is 0.254 e. The summed E-state index contributed by atoms with van der Waals surface area (Å²) < 4.78 is 10.7. The number of nitrogens with zero attached hydrogens (tertiary/aromatic N) is 1. The first-order chi connectivity index (χ1) is 12.0. The van der Waals surface area contributed by atoms with Crippen molar-refractivity contribution in [3.8, 4) is 11.5 Å². The molecule has 0 bridgehead atoms. The Hall–Kier alpha value is -2.28. The Labute approximate surface area is 148 Å². The number of rotatable bonds is 6. The Balaban J connectivity index is 2.15. The van der Waals surface area contributed by atoms with E-state index in [9.17, 15) is 9.59 Å². The average Bonchev–Trinajstić information content (AvgIpc) is 2.65. The molecule has 1 unspecified atom stereocenters. The van der Waals surface area contributed by atoms with Crippen molar-refractivity contribution in [3.05, 3.63) is 23.3 Å². The number of ether oxygens (including phenoxy) is 2. The first-order valence-corrected chi connectivity index (χ1v) is 8.51. The molecule has 1 atom stereocenters. The number of piperidine rings is 1. The molecule has 0 spiro atoms. The van der Waals surface area contributed by atoms with E-state index in [1.54, 1.807) is 31.3 Å². The highest BCUT2D eigenvalue weighted by Gasteiger charge is 2.29. The van der Waals surface area contributed by atoms with Gasteiger partial charge in [-0.1, -0.05) is 0 Å². The van der Waals surface area contributed by atoms with E-state index in [4.69, 9.17) is 15.2 Å². The number of likely N-dealkylation sites (tertiary alicyclic amines) is 1. The molecular weight excluding hydrogens is 322 g/mol. The lowest BCUT2D eigenvalue weighted by molar-refractivity contribution is -0.126. The van der Waals surface area contributed by atoms with Crippen LogP contribution in [0.2, 0.25) is 0 Å². The summed E-state index contributed by atoms with van der Waals surface area (Å²) in [6.07, 6.45) is 1.58. The van der Waals surface area contributed by atoms with Gasteiger partial charge in [-0.05, 0) is 31.9 Å². The number of nitrogens with two attached hydrogens (primary N) is 1. The minimum Gasteiger partial charge on any atom is -0.496 e. The van der Waals surface area contributed by atoms with Crippen molar-refractivity contribution in [2.45, 2.75) is 19.8 Å². The summed E-state index contributed by atoms with van der Waals surface area (Å²) in [5.74, 6) is 0.863. The van der Waals surface area contributed by atoms with Crippen LogP contribution < -0.4 is 20.5 Å². The number of carbonyl (C=O) groups is 2. The van der Waals surface area contributed by atoms with Crippen LogP contribution in [0.15, 0.2) is 12.1 Å². The van der Waals surface area contributed by atoms with Crippen LogP contribution in [0, 0.1) is 12.8 Å². The minimum absolute atomic E-state index is 0.0398. The normalized spacial score (nSPS) is 17.1. The van der Waals surface area contributed by atoms with Crippen LogP contribution >= 0.6 is 0 Å². The van der Waals surface area contributed by atoms with Crippen molar-refractivity contribution in [2.75, 3.05) is 40.4 Å². The zero-order valence-electron chi connectivity index (χ0n) is 15.1. The smallest absolute Gasteiger partial charge is 0.254 e. The molecule has 1 aliphatic heterocycles. The molecule has 1 aromatic carbocycles. The van der Waals surface area contributed by atoms with Gasteiger partial charge in [-0.25, -0.2) is 0 Å². The third-order valence-corrected chi connectivity index (χ3v) is 4.52. The van der Waals surface area contributed by atoms with Gasteiger partial charge in [-0.3, -0.25) is 9.59 Å². The zero-order chi connectivity index (χ0) is 18.4. The standard InChI is InChI=1S/C18H27N3O4/c1-12-15(24-2)9-14(10-16(12)25-3)18(23)21-8-4-5-13(11-21)17(22)20-7-6-19/h9-10,13H,4-8,11,19H2,1-3H3,(H,20,22). The highest BCUT2D eigenvalue weighted by molar-refractivity contribution is 5.96. The van der Waals surface area contributed by atoms with E-state index in [-0.39, 0.29) is 17.7 Å². The molecule has 1 heterocycles. The number of hydrogen-bond donors (Lipinski definition) is 2. The number of carbonyl (C=O) groups excluding carboxylic acids is 2. The predicted octanol–water partition coefficient (Wildman–Crippen LogP) is 0.939. The largest absolute Gasteiger partial charge is 0.496 e. The van der Waals surface area contributed by atoms with Gasteiger partial charge in [0.15, 0.2) is 0 Å². The summed E-state index contributed by atoms with van der Waals surface area (Å²) >= 11 is 0. The second-order valence-electron chi connectivity index (χ2n) is 6.18. The molecule has 1 aliphatic rings. The molecule has 7 nitrogen and oxygen atoms in total. The van der Waals surface area contributed by atoms with Crippen LogP contribution in [-0.4, -0.2) is 57.1 Å². The summed E-state index contributed by atoms with van der Waals surface area (Å²) in [5, 5.41) is 2.80. The molecule has 2 rings (SSSR count). The fourth-order valence-corrected chi connectivity index (χ4v) is 3.11. The quantitative estimate of drug-likeness (QED) is 0.797. The first kappa shape index (κ1) is 19.1. The van der Waals surface area contributed by atoms with E-state index in [0.717, 1.165) is 18.4 Å². The molecule has 2 amide bonds. The summed E-state index contributed by atoms with van der Waals surface area (Å²) in [4.78, 5) is 26.8. The number of benzene rings is 1. The Morgan fingerprint density at radius 3 is 2.48 bits per heavy atom. The highest BCUT2D eigenvalue weighted by atomic mass is 16.5. The van der Waals surface area contributed by atoms with E-state index in [1.807, 2.05) is 6.92 Å². The van der Waals surface area contributed by atoms with Crippen molar-refractivity contribution in [2.24, 2.45) is 11.7 Å². The van der Waals surface area contributed by atoms with Crippen LogP contribution in [0.25, 0.3) is 0 Å². The zero-order valence-corrected chi connectivity index (χ0v) is 15.1. The van der Waals surface area contributed by atoms with Crippen LogP contribution in [0.1, 0.15) is 28.8 Å². The molecule has 1 aromatic rings. The number of nitrogens with one attached hydrogen (secondary N) is 1. The van der Waals surface area contributed by atoms with E-state index in [0.29, 0.717) is 43.2 Å². The summed E-state index contributed by atoms with van der Waals surface area (Å²) in [6.45, 7) is 3.79. The van der Waals surface area contributed by atoms with Crippen molar-refractivity contribution in [3.63, 3.8) is 0 Å². The Kier molecular flexibility index (Phi) is 6.64. The third-order valence-electron chi connectivity index (χ3n) is 4.52. The van der Waals surface area contributed by atoms with Crippen LogP contribution in [-0.2, 0) is 4.79 Å². The Bertz CT molecular complexity index is 608. The number of hydrogen-bond acceptors (Lipinski definition) is 5. The van der Waals surface area contributed by atoms with Gasteiger partial charge in [0, 0.05) is 37.3 Å². The Morgan fingerprint density at radius 2 is 1.92 bits per heavy atom. The monoisotopic (exact) mass is 349 g/mol. The van der Waals surface area contributed by atoms with Gasteiger partial charge in [-0.15, -0.1) is 0 Å². The van der Waals surface area contributed by atoms with Gasteiger partial charge in [0.1, 0.15) is 11.5 Å². The molecule has 7 heteroatoms. The maximum atomic E-state index is 12.9.